The van der Waals surface area contributed by atoms with Crippen molar-refractivity contribution in [3.63, 3.8) is 0 Å². The molecule has 0 aliphatic carbocycles. The Morgan fingerprint density at radius 2 is 0.966 bits per heavy atom. The fourth-order valence-electron chi connectivity index (χ4n) is 8.11. The molecule has 1 heterocycles. The highest BCUT2D eigenvalue weighted by molar-refractivity contribution is 5.80. The number of aliphatic hydroxyl groups excluding tert-OH is 6. The molecular weight excluding hydrogens is 747 g/mol. The summed E-state index contributed by atoms with van der Waals surface area (Å²) >= 11 is 0. The lowest BCUT2D eigenvalue weighted by Crippen LogP contribution is -2.60. The molecule has 0 aromatic carbocycles. The van der Waals surface area contributed by atoms with E-state index < -0.39 is 61.5 Å². The third kappa shape index (κ3) is 29.8. The van der Waals surface area contributed by atoms with E-state index in [0.717, 1.165) is 44.9 Å². The summed E-state index contributed by atoms with van der Waals surface area (Å²) in [5.74, 6) is -0.612. The molecule has 0 aromatic heterocycles. The van der Waals surface area contributed by atoms with Crippen molar-refractivity contribution in [2.24, 2.45) is 0 Å². The fraction of sp³-hybridized carbons (Fsp3) is 0.939. The first-order chi connectivity index (χ1) is 28.8. The van der Waals surface area contributed by atoms with Crippen LogP contribution in [0.1, 0.15) is 232 Å². The number of unbranched alkanes of at least 4 members (excludes halogenated alkanes) is 31. The summed E-state index contributed by atoms with van der Waals surface area (Å²) in [4.78, 5) is 13.1. The molecule has 1 aliphatic heterocycles. The smallest absolute Gasteiger partial charge is 0.249 e. The van der Waals surface area contributed by atoms with Crippen molar-refractivity contribution in [2.45, 2.75) is 281 Å². The van der Waals surface area contributed by atoms with E-state index in [1.54, 1.807) is 6.08 Å². The molecule has 0 saturated carbocycles. The zero-order valence-corrected chi connectivity index (χ0v) is 38.1. The largest absolute Gasteiger partial charge is 0.394 e. The molecule has 0 aromatic rings. The van der Waals surface area contributed by atoms with E-state index in [4.69, 9.17) is 9.47 Å². The normalized spacial score (nSPS) is 21.3. The highest BCUT2D eigenvalue weighted by atomic mass is 16.7. The molecule has 1 aliphatic rings. The van der Waals surface area contributed by atoms with Gasteiger partial charge in [0.15, 0.2) is 6.29 Å². The van der Waals surface area contributed by atoms with Gasteiger partial charge in [-0.25, -0.2) is 0 Å². The van der Waals surface area contributed by atoms with Crippen LogP contribution in [-0.2, 0) is 14.3 Å². The molecule has 1 saturated heterocycles. The quantitative estimate of drug-likeness (QED) is 0.0234. The molecule has 10 nitrogen and oxygen atoms in total. The van der Waals surface area contributed by atoms with Gasteiger partial charge < -0.3 is 45.4 Å². The van der Waals surface area contributed by atoms with E-state index >= 15 is 0 Å². The van der Waals surface area contributed by atoms with Gasteiger partial charge in [-0.2, -0.15) is 0 Å². The molecule has 1 fully saturated rings. The van der Waals surface area contributed by atoms with Crippen molar-refractivity contribution >= 4 is 5.91 Å². The number of nitrogens with one attached hydrogen (secondary N) is 1. The number of hydrogen-bond donors (Lipinski definition) is 7. The Hall–Kier alpha value is -1.11. The Morgan fingerprint density at radius 3 is 1.37 bits per heavy atom. The number of amides is 1. The van der Waals surface area contributed by atoms with Crippen LogP contribution in [0.25, 0.3) is 0 Å². The van der Waals surface area contributed by atoms with Gasteiger partial charge in [-0.15, -0.1) is 0 Å². The van der Waals surface area contributed by atoms with Gasteiger partial charge in [-0.3, -0.25) is 4.79 Å². The van der Waals surface area contributed by atoms with Gasteiger partial charge >= 0.3 is 0 Å². The second kappa shape index (κ2) is 39.7. The van der Waals surface area contributed by atoms with Crippen LogP contribution in [0.3, 0.4) is 0 Å². The van der Waals surface area contributed by atoms with Crippen molar-refractivity contribution in [1.29, 1.82) is 0 Å². The molecule has 1 rings (SSSR count). The molecule has 0 bridgehead atoms. The molecule has 10 heteroatoms. The van der Waals surface area contributed by atoms with E-state index in [1.165, 1.54) is 167 Å². The number of aliphatic hydroxyl groups is 6. The van der Waals surface area contributed by atoms with Crippen LogP contribution in [0.2, 0.25) is 0 Å². The summed E-state index contributed by atoms with van der Waals surface area (Å²) in [7, 11) is 0. The molecule has 8 atom stereocenters. The van der Waals surface area contributed by atoms with Gasteiger partial charge in [-0.1, -0.05) is 225 Å². The Balaban J connectivity index is 2.34. The monoisotopic (exact) mass is 842 g/mol. The maximum Gasteiger partial charge on any atom is 0.249 e. The lowest BCUT2D eigenvalue weighted by molar-refractivity contribution is -0.302. The Labute approximate surface area is 361 Å². The number of carbonyl (C=O) groups is 1. The maximum absolute atomic E-state index is 13.1. The van der Waals surface area contributed by atoms with Gasteiger partial charge in [0.1, 0.15) is 30.5 Å². The molecular formula is C49H95NO9. The van der Waals surface area contributed by atoms with Gasteiger partial charge in [0.2, 0.25) is 5.91 Å². The molecule has 1 amide bonds. The first kappa shape index (κ1) is 55.9. The second-order valence-corrected chi connectivity index (χ2v) is 17.8. The molecule has 59 heavy (non-hydrogen) atoms. The molecule has 8 unspecified atom stereocenters. The summed E-state index contributed by atoms with van der Waals surface area (Å²) in [5, 5.41) is 64.8. The van der Waals surface area contributed by atoms with Crippen LogP contribution < -0.4 is 5.32 Å². The second-order valence-electron chi connectivity index (χ2n) is 17.8. The minimum atomic E-state index is -1.61. The van der Waals surface area contributed by atoms with Crippen LogP contribution in [0.5, 0.6) is 0 Å². The zero-order chi connectivity index (χ0) is 43.2. The number of hydrogen-bond acceptors (Lipinski definition) is 9. The average Bonchev–Trinajstić information content (AvgIpc) is 3.23. The average molecular weight is 842 g/mol. The van der Waals surface area contributed by atoms with E-state index in [2.05, 4.69) is 19.2 Å². The van der Waals surface area contributed by atoms with Crippen molar-refractivity contribution < 1.29 is 44.9 Å². The first-order valence-corrected chi connectivity index (χ1v) is 25.0. The first-order valence-electron chi connectivity index (χ1n) is 25.0. The topological polar surface area (TPSA) is 169 Å². The lowest BCUT2D eigenvalue weighted by atomic mass is 9.99. The molecule has 350 valence electrons. The van der Waals surface area contributed by atoms with Crippen LogP contribution in [-0.4, -0.2) is 98.7 Å². The maximum atomic E-state index is 13.1. The summed E-state index contributed by atoms with van der Waals surface area (Å²) < 4.78 is 11.2. The van der Waals surface area contributed by atoms with Crippen LogP contribution in [0, 0.1) is 0 Å². The van der Waals surface area contributed by atoms with Crippen molar-refractivity contribution in [3.05, 3.63) is 12.2 Å². The molecule has 7 N–H and O–H groups in total. The predicted molar refractivity (Wildman–Crippen MR) is 241 cm³/mol. The van der Waals surface area contributed by atoms with E-state index in [-0.39, 0.29) is 6.61 Å². The Bertz CT molecular complexity index is 952. The van der Waals surface area contributed by atoms with E-state index in [0.29, 0.717) is 6.42 Å². The highest BCUT2D eigenvalue weighted by Gasteiger charge is 2.44. The Morgan fingerprint density at radius 1 is 0.576 bits per heavy atom. The van der Waals surface area contributed by atoms with E-state index in [9.17, 15) is 35.4 Å². The van der Waals surface area contributed by atoms with Gasteiger partial charge in [0, 0.05) is 0 Å². The number of rotatable bonds is 42. The third-order valence-corrected chi connectivity index (χ3v) is 12.2. The third-order valence-electron chi connectivity index (χ3n) is 12.2. The van der Waals surface area contributed by atoms with Crippen LogP contribution >= 0.6 is 0 Å². The van der Waals surface area contributed by atoms with E-state index in [1.807, 2.05) is 6.08 Å². The minimum Gasteiger partial charge on any atom is -0.394 e. The summed E-state index contributed by atoms with van der Waals surface area (Å²) in [6.07, 6.45) is 35.8. The summed E-state index contributed by atoms with van der Waals surface area (Å²) in [6.45, 7) is 3.62. The number of carbonyl (C=O) groups excluding carboxylic acids is 1. The Kier molecular flexibility index (Phi) is 37.6. The number of allylic oxidation sites excluding steroid dienone is 1. The molecule has 0 spiro atoms. The minimum absolute atomic E-state index is 0.301. The SMILES string of the molecule is CCCCCCCCCCCCCC/C=C/C(O)C(COC1OC(CO)C(O)C(O)C1O)NC(=O)C(O)CCCCCCCCCCCCCCCCCCCCCC. The predicted octanol–water partition coefficient (Wildman–Crippen LogP) is 9.87. The van der Waals surface area contributed by atoms with Crippen molar-refractivity contribution in [3.8, 4) is 0 Å². The van der Waals surface area contributed by atoms with Gasteiger partial charge in [0.05, 0.1) is 25.4 Å². The zero-order valence-electron chi connectivity index (χ0n) is 38.1. The van der Waals surface area contributed by atoms with Gasteiger partial charge in [-0.05, 0) is 19.3 Å². The lowest BCUT2D eigenvalue weighted by Gasteiger charge is -2.40. The standard InChI is InChI=1S/C49H95NO9/c1-3-5-7-9-11-13-15-17-19-20-21-22-23-24-26-28-30-32-34-36-38-43(53)48(57)50-41(40-58-49-47(56)46(55)45(54)44(39-51)59-49)42(52)37-35-33-31-29-27-25-18-16-14-12-10-8-6-4-2/h35,37,41-47,49,51-56H,3-34,36,38-40H2,1-2H3,(H,50,57)/b37-35+. The summed E-state index contributed by atoms with van der Waals surface area (Å²) in [5.41, 5.74) is 0. The van der Waals surface area contributed by atoms with Gasteiger partial charge in [0.25, 0.3) is 0 Å². The van der Waals surface area contributed by atoms with Crippen molar-refractivity contribution in [1.82, 2.24) is 5.32 Å². The number of ether oxygens (including phenoxy) is 2. The fourth-order valence-corrected chi connectivity index (χ4v) is 8.11. The molecule has 0 radical (unpaired) electrons. The van der Waals surface area contributed by atoms with Crippen LogP contribution in [0.15, 0.2) is 12.2 Å². The van der Waals surface area contributed by atoms with Crippen molar-refractivity contribution in [2.75, 3.05) is 13.2 Å². The highest BCUT2D eigenvalue weighted by Crippen LogP contribution is 2.23. The van der Waals surface area contributed by atoms with Crippen LogP contribution in [0.4, 0.5) is 0 Å². The summed E-state index contributed by atoms with van der Waals surface area (Å²) in [6, 6.07) is -0.974.